The molecule has 1 aliphatic rings. The highest BCUT2D eigenvalue weighted by Crippen LogP contribution is 2.33. The molecule has 3 rings (SSSR count). The summed E-state index contributed by atoms with van der Waals surface area (Å²) in [6.45, 7) is 2.40. The number of carbonyl (C=O) groups excluding carboxylic acids is 1. The van der Waals surface area contributed by atoms with Gasteiger partial charge in [0.2, 0.25) is 0 Å². The Morgan fingerprint density at radius 1 is 1.29 bits per heavy atom. The van der Waals surface area contributed by atoms with Crippen molar-refractivity contribution >= 4 is 6.09 Å². The van der Waals surface area contributed by atoms with E-state index in [2.05, 4.69) is 4.98 Å². The molecule has 0 bridgehead atoms. The number of rotatable bonds is 5. The van der Waals surface area contributed by atoms with Crippen LogP contribution in [-0.2, 0) is 17.2 Å². The molecule has 1 aromatic carbocycles. The largest absolute Gasteiger partial charge is 0.444 e. The third kappa shape index (κ3) is 4.07. The van der Waals surface area contributed by atoms with Gasteiger partial charge in [-0.2, -0.15) is 8.78 Å². The summed E-state index contributed by atoms with van der Waals surface area (Å²) in [6, 6.07) is 4.45. The number of hydrogen-bond acceptors (Lipinski definition) is 3. The van der Waals surface area contributed by atoms with E-state index in [9.17, 15) is 26.7 Å². The van der Waals surface area contributed by atoms with Gasteiger partial charge in [0.05, 0.1) is 18.7 Å². The smallest absolute Gasteiger partial charge is 0.410 e. The molecule has 9 heteroatoms. The zero-order valence-corrected chi connectivity index (χ0v) is 15.1. The fourth-order valence-electron chi connectivity index (χ4n) is 3.08. The number of benzene rings is 1. The lowest BCUT2D eigenvalue weighted by Gasteiger charge is -2.19. The number of hydrogen-bond donors (Lipinski definition) is 0. The van der Waals surface area contributed by atoms with Gasteiger partial charge in [0.25, 0.3) is 12.3 Å². The van der Waals surface area contributed by atoms with Crippen molar-refractivity contribution in [3.63, 3.8) is 0 Å². The van der Waals surface area contributed by atoms with Crippen molar-refractivity contribution in [1.82, 2.24) is 9.88 Å². The standard InChI is InChI=1S/C19H17F5N2O2/c1-10-8-26(18(27)28-10)9-13-5-12(7-25-16(13)19(2,23)24)11-3-4-15(20)14(6-11)17(21)22/h3-7,10,17H,8-9H2,1-2H3/t10-/m1/s1. The molecule has 1 amide bonds. The van der Waals surface area contributed by atoms with Crippen LogP contribution in [0.15, 0.2) is 30.5 Å². The SMILES string of the molecule is C[C@@H]1CN(Cc2cc(-c3ccc(F)c(C(F)F)c3)cnc2C(C)(F)F)C(=O)O1. The molecule has 0 unspecified atom stereocenters. The maximum absolute atomic E-state index is 14.0. The Bertz CT molecular complexity index is 898. The summed E-state index contributed by atoms with van der Waals surface area (Å²) in [5.41, 5.74) is -0.807. The van der Waals surface area contributed by atoms with Gasteiger partial charge in [0.1, 0.15) is 17.6 Å². The van der Waals surface area contributed by atoms with E-state index in [1.54, 1.807) is 6.92 Å². The van der Waals surface area contributed by atoms with Crippen LogP contribution < -0.4 is 0 Å². The number of amides is 1. The lowest BCUT2D eigenvalue weighted by molar-refractivity contribution is 0.0112. The van der Waals surface area contributed by atoms with Crippen LogP contribution in [0, 0.1) is 5.82 Å². The van der Waals surface area contributed by atoms with Gasteiger partial charge in [-0.1, -0.05) is 6.07 Å². The molecule has 0 saturated carbocycles. The molecule has 2 aromatic rings. The van der Waals surface area contributed by atoms with Crippen molar-refractivity contribution in [2.45, 2.75) is 38.8 Å². The van der Waals surface area contributed by atoms with Crippen LogP contribution in [0.4, 0.5) is 26.7 Å². The van der Waals surface area contributed by atoms with Gasteiger partial charge in [-0.05, 0) is 36.2 Å². The van der Waals surface area contributed by atoms with Gasteiger partial charge in [-0.15, -0.1) is 0 Å². The van der Waals surface area contributed by atoms with Gasteiger partial charge in [0, 0.05) is 18.7 Å². The van der Waals surface area contributed by atoms with Gasteiger partial charge in [0.15, 0.2) is 0 Å². The van der Waals surface area contributed by atoms with E-state index in [1.807, 2.05) is 0 Å². The van der Waals surface area contributed by atoms with E-state index in [0.717, 1.165) is 18.3 Å². The zero-order chi connectivity index (χ0) is 20.6. The maximum atomic E-state index is 14.0. The first-order valence-electron chi connectivity index (χ1n) is 8.47. The fraction of sp³-hybridized carbons (Fsp3) is 0.368. The number of alkyl halides is 4. The number of halogens is 5. The van der Waals surface area contributed by atoms with Crippen LogP contribution >= 0.6 is 0 Å². The first-order valence-corrected chi connectivity index (χ1v) is 8.47. The van der Waals surface area contributed by atoms with Crippen molar-refractivity contribution in [3.05, 3.63) is 53.1 Å². The third-order valence-electron chi connectivity index (χ3n) is 4.35. The van der Waals surface area contributed by atoms with Crippen molar-refractivity contribution in [2.24, 2.45) is 0 Å². The summed E-state index contributed by atoms with van der Waals surface area (Å²) in [7, 11) is 0. The predicted molar refractivity (Wildman–Crippen MR) is 90.5 cm³/mol. The molecule has 0 aliphatic carbocycles. The first-order chi connectivity index (χ1) is 13.1. The minimum absolute atomic E-state index is 0.0546. The minimum Gasteiger partial charge on any atom is -0.444 e. The van der Waals surface area contributed by atoms with Crippen LogP contribution in [-0.4, -0.2) is 28.6 Å². The van der Waals surface area contributed by atoms with E-state index in [1.165, 1.54) is 17.0 Å². The van der Waals surface area contributed by atoms with E-state index in [0.29, 0.717) is 6.92 Å². The van der Waals surface area contributed by atoms with Crippen LogP contribution in [0.2, 0.25) is 0 Å². The summed E-state index contributed by atoms with van der Waals surface area (Å²) in [5.74, 6) is -4.34. The number of aromatic nitrogens is 1. The Morgan fingerprint density at radius 2 is 2.00 bits per heavy atom. The molecular weight excluding hydrogens is 383 g/mol. The zero-order valence-electron chi connectivity index (χ0n) is 15.1. The molecule has 1 aliphatic heterocycles. The van der Waals surface area contributed by atoms with Crippen LogP contribution in [0.5, 0.6) is 0 Å². The Hall–Kier alpha value is -2.71. The van der Waals surface area contributed by atoms with Crippen molar-refractivity contribution in [2.75, 3.05) is 6.54 Å². The highest BCUT2D eigenvalue weighted by Gasteiger charge is 2.34. The van der Waals surface area contributed by atoms with Crippen molar-refractivity contribution in [3.8, 4) is 11.1 Å². The molecule has 2 heterocycles. The van der Waals surface area contributed by atoms with E-state index in [-0.39, 0.29) is 35.9 Å². The summed E-state index contributed by atoms with van der Waals surface area (Å²) in [4.78, 5) is 16.9. The molecule has 0 spiro atoms. The highest BCUT2D eigenvalue weighted by molar-refractivity contribution is 5.70. The predicted octanol–water partition coefficient (Wildman–Crippen LogP) is 5.28. The summed E-state index contributed by atoms with van der Waals surface area (Å²) in [5, 5.41) is 0. The normalized spacial score (nSPS) is 17.4. The Labute approximate surface area is 157 Å². The summed E-state index contributed by atoms with van der Waals surface area (Å²) in [6.07, 6.45) is -2.92. The maximum Gasteiger partial charge on any atom is 0.410 e. The van der Waals surface area contributed by atoms with Gasteiger partial charge in [-0.25, -0.2) is 18.0 Å². The monoisotopic (exact) mass is 400 g/mol. The van der Waals surface area contributed by atoms with Crippen LogP contribution in [0.25, 0.3) is 11.1 Å². The molecule has 0 N–H and O–H groups in total. The molecule has 1 atom stereocenters. The second kappa shape index (κ2) is 7.37. The number of pyridine rings is 1. The number of ether oxygens (including phenoxy) is 1. The fourth-order valence-corrected chi connectivity index (χ4v) is 3.08. The minimum atomic E-state index is -3.28. The lowest BCUT2D eigenvalue weighted by atomic mass is 10.00. The second-order valence-corrected chi connectivity index (χ2v) is 6.73. The Balaban J connectivity index is 2.03. The van der Waals surface area contributed by atoms with Crippen molar-refractivity contribution in [1.29, 1.82) is 0 Å². The highest BCUT2D eigenvalue weighted by atomic mass is 19.3. The molecule has 1 saturated heterocycles. The molecule has 28 heavy (non-hydrogen) atoms. The lowest BCUT2D eigenvalue weighted by Crippen LogP contribution is -2.26. The average Bonchev–Trinajstić information content (AvgIpc) is 2.91. The summed E-state index contributed by atoms with van der Waals surface area (Å²) >= 11 is 0. The van der Waals surface area contributed by atoms with E-state index < -0.39 is 35.5 Å². The average molecular weight is 400 g/mol. The van der Waals surface area contributed by atoms with Crippen molar-refractivity contribution < 1.29 is 31.5 Å². The third-order valence-corrected chi connectivity index (χ3v) is 4.35. The Kier molecular flexibility index (Phi) is 5.27. The Morgan fingerprint density at radius 3 is 2.57 bits per heavy atom. The second-order valence-electron chi connectivity index (χ2n) is 6.73. The summed E-state index contributed by atoms with van der Waals surface area (Å²) < 4.78 is 72.4. The molecule has 1 aromatic heterocycles. The first kappa shape index (κ1) is 20.0. The number of carbonyl (C=O) groups is 1. The molecule has 0 radical (unpaired) electrons. The molecule has 150 valence electrons. The van der Waals surface area contributed by atoms with E-state index in [4.69, 9.17) is 4.74 Å². The molecule has 1 fully saturated rings. The molecule has 4 nitrogen and oxygen atoms in total. The molecular formula is C19H17F5N2O2. The van der Waals surface area contributed by atoms with Crippen LogP contribution in [0.3, 0.4) is 0 Å². The number of cyclic esters (lactones) is 1. The van der Waals surface area contributed by atoms with Crippen LogP contribution in [0.1, 0.15) is 37.1 Å². The quantitative estimate of drug-likeness (QED) is 0.642. The van der Waals surface area contributed by atoms with Gasteiger partial charge >= 0.3 is 6.09 Å². The number of nitrogens with zero attached hydrogens (tertiary/aromatic N) is 2. The van der Waals surface area contributed by atoms with E-state index >= 15 is 0 Å². The van der Waals surface area contributed by atoms with Gasteiger partial charge < -0.3 is 9.64 Å². The topological polar surface area (TPSA) is 42.4 Å². The van der Waals surface area contributed by atoms with Gasteiger partial charge in [-0.3, -0.25) is 4.98 Å².